The molecule has 1 unspecified atom stereocenters. The number of nitrogens with zero attached hydrogens (tertiary/aromatic N) is 4. The lowest BCUT2D eigenvalue weighted by atomic mass is 9.99. The Kier molecular flexibility index (Phi) is 7.01. The van der Waals surface area contributed by atoms with Crippen LogP contribution in [-0.4, -0.2) is 53.6 Å². The Morgan fingerprint density at radius 2 is 1.88 bits per heavy atom. The first kappa shape index (κ1) is 23.3. The van der Waals surface area contributed by atoms with Crippen LogP contribution in [0.25, 0.3) is 0 Å². The number of carbonyl (C=O) groups excluding carboxylic acids is 1. The molecule has 11 heteroatoms. The lowest BCUT2D eigenvalue weighted by Gasteiger charge is -2.31. The largest absolute Gasteiger partial charge is 0.497 e. The number of ether oxygens (including phenoxy) is 1. The normalized spacial score (nSPS) is 17.0. The van der Waals surface area contributed by atoms with Gasteiger partial charge in [-0.15, -0.1) is 10.2 Å². The summed E-state index contributed by atoms with van der Waals surface area (Å²) in [6, 6.07) is 13.7. The van der Waals surface area contributed by atoms with Crippen LogP contribution in [0.15, 0.2) is 69.8 Å². The molecule has 0 bridgehead atoms. The van der Waals surface area contributed by atoms with Gasteiger partial charge in [-0.2, -0.15) is 4.31 Å². The molecule has 0 spiro atoms. The fraction of sp³-hybridized carbons (Fsp3) is 0.318. The molecule has 1 N–H and O–H groups in total. The number of piperidine rings is 1. The predicted molar refractivity (Wildman–Crippen MR) is 125 cm³/mol. The number of hydrogen-bond acceptors (Lipinski definition) is 7. The summed E-state index contributed by atoms with van der Waals surface area (Å²) in [7, 11) is -0.275. The van der Waals surface area contributed by atoms with Gasteiger partial charge in [0, 0.05) is 30.7 Å². The maximum atomic E-state index is 13.0. The van der Waals surface area contributed by atoms with Crippen molar-refractivity contribution in [2.24, 2.45) is 13.0 Å². The molecule has 3 aromatic rings. The number of hydrogen-bond donors (Lipinski definition) is 1. The SMILES string of the molecule is COc1ccc(S(=O)(=O)N2CCCC(C(=O)Nc3ccc(Sc4nncn4C)cc3)C2)cc1. The molecule has 0 radical (unpaired) electrons. The van der Waals surface area contributed by atoms with Crippen molar-refractivity contribution in [1.29, 1.82) is 0 Å². The van der Waals surface area contributed by atoms with E-state index >= 15 is 0 Å². The zero-order valence-electron chi connectivity index (χ0n) is 18.3. The smallest absolute Gasteiger partial charge is 0.243 e. The van der Waals surface area contributed by atoms with E-state index in [2.05, 4.69) is 15.5 Å². The third kappa shape index (κ3) is 5.37. The van der Waals surface area contributed by atoms with Crippen LogP contribution in [-0.2, 0) is 21.9 Å². The summed E-state index contributed by atoms with van der Waals surface area (Å²) in [6.07, 6.45) is 2.90. The van der Waals surface area contributed by atoms with E-state index in [4.69, 9.17) is 4.74 Å². The van der Waals surface area contributed by atoms with Crippen LogP contribution in [0, 0.1) is 5.92 Å². The van der Waals surface area contributed by atoms with E-state index in [9.17, 15) is 13.2 Å². The fourth-order valence-corrected chi connectivity index (χ4v) is 5.88. The molecule has 0 saturated carbocycles. The summed E-state index contributed by atoms with van der Waals surface area (Å²) < 4.78 is 34.4. The standard InChI is InChI=1S/C22H25N5O4S2/c1-26-15-23-25-22(26)32-19-9-5-17(6-10-19)24-21(28)16-4-3-13-27(14-16)33(29,30)20-11-7-18(31-2)8-12-20/h5-12,15-16H,3-4,13-14H2,1-2H3,(H,24,28). The Balaban J connectivity index is 1.38. The average Bonchev–Trinajstić information content (AvgIpc) is 3.24. The zero-order chi connectivity index (χ0) is 23.4. The Morgan fingerprint density at radius 3 is 2.52 bits per heavy atom. The summed E-state index contributed by atoms with van der Waals surface area (Å²) in [5.41, 5.74) is 0.664. The molecule has 1 aliphatic heterocycles. The van der Waals surface area contributed by atoms with Gasteiger partial charge < -0.3 is 14.6 Å². The molecule has 1 amide bonds. The minimum Gasteiger partial charge on any atom is -0.497 e. The van der Waals surface area contributed by atoms with E-state index < -0.39 is 15.9 Å². The number of methoxy groups -OCH3 is 1. The van der Waals surface area contributed by atoms with E-state index in [1.807, 2.05) is 35.9 Å². The summed E-state index contributed by atoms with van der Waals surface area (Å²) in [5, 5.41) is 11.6. The number of aromatic nitrogens is 3. The van der Waals surface area contributed by atoms with Crippen LogP contribution in [0.3, 0.4) is 0 Å². The van der Waals surface area contributed by atoms with Crippen molar-refractivity contribution in [3.8, 4) is 5.75 Å². The number of amides is 1. The zero-order valence-corrected chi connectivity index (χ0v) is 20.0. The molecule has 1 aromatic heterocycles. The monoisotopic (exact) mass is 487 g/mol. The van der Waals surface area contributed by atoms with Gasteiger partial charge in [-0.25, -0.2) is 8.42 Å². The van der Waals surface area contributed by atoms with Crippen LogP contribution >= 0.6 is 11.8 Å². The van der Waals surface area contributed by atoms with E-state index in [1.54, 1.807) is 18.5 Å². The van der Waals surface area contributed by atoms with Crippen LogP contribution in [0.1, 0.15) is 12.8 Å². The number of anilines is 1. The minimum atomic E-state index is -3.68. The summed E-state index contributed by atoms with van der Waals surface area (Å²) >= 11 is 1.48. The molecule has 1 atom stereocenters. The second-order valence-electron chi connectivity index (χ2n) is 7.72. The van der Waals surface area contributed by atoms with Gasteiger partial charge in [0.1, 0.15) is 12.1 Å². The maximum absolute atomic E-state index is 13.0. The Bertz CT molecular complexity index is 1210. The number of rotatable bonds is 7. The highest BCUT2D eigenvalue weighted by molar-refractivity contribution is 7.99. The second kappa shape index (κ2) is 9.94. The van der Waals surface area contributed by atoms with Crippen molar-refractivity contribution in [3.63, 3.8) is 0 Å². The highest BCUT2D eigenvalue weighted by Gasteiger charge is 2.33. The van der Waals surface area contributed by atoms with Crippen LogP contribution < -0.4 is 10.1 Å². The van der Waals surface area contributed by atoms with Crippen molar-refractivity contribution in [1.82, 2.24) is 19.1 Å². The molecular weight excluding hydrogens is 462 g/mol. The van der Waals surface area contributed by atoms with E-state index in [-0.39, 0.29) is 17.3 Å². The Hall–Kier alpha value is -2.89. The lowest BCUT2D eigenvalue weighted by Crippen LogP contribution is -2.43. The van der Waals surface area contributed by atoms with E-state index in [0.29, 0.717) is 30.8 Å². The molecule has 1 fully saturated rings. The predicted octanol–water partition coefficient (Wildman–Crippen LogP) is 3.01. The second-order valence-corrected chi connectivity index (χ2v) is 10.7. The van der Waals surface area contributed by atoms with E-state index in [0.717, 1.165) is 10.1 Å². The van der Waals surface area contributed by atoms with E-state index in [1.165, 1.54) is 35.3 Å². The Morgan fingerprint density at radius 1 is 1.15 bits per heavy atom. The molecule has 2 aromatic carbocycles. The van der Waals surface area contributed by atoms with Crippen molar-refractivity contribution in [3.05, 3.63) is 54.9 Å². The first-order chi connectivity index (χ1) is 15.9. The van der Waals surface area contributed by atoms with Gasteiger partial charge in [0.2, 0.25) is 15.9 Å². The molecule has 174 valence electrons. The van der Waals surface area contributed by atoms with Gasteiger partial charge in [-0.1, -0.05) is 0 Å². The van der Waals surface area contributed by atoms with Crippen LogP contribution in [0.4, 0.5) is 5.69 Å². The average molecular weight is 488 g/mol. The summed E-state index contributed by atoms with van der Waals surface area (Å²) in [5.74, 6) is -0.0105. The highest BCUT2D eigenvalue weighted by Crippen LogP contribution is 2.28. The summed E-state index contributed by atoms with van der Waals surface area (Å²) in [6.45, 7) is 0.548. The molecule has 1 aliphatic rings. The number of nitrogens with one attached hydrogen (secondary N) is 1. The van der Waals surface area contributed by atoms with Gasteiger partial charge in [-0.05, 0) is 73.1 Å². The van der Waals surface area contributed by atoms with Gasteiger partial charge in [-0.3, -0.25) is 4.79 Å². The minimum absolute atomic E-state index is 0.153. The number of carbonyl (C=O) groups is 1. The molecule has 9 nitrogen and oxygen atoms in total. The third-order valence-corrected chi connectivity index (χ3v) is 8.39. The van der Waals surface area contributed by atoms with Crippen LogP contribution in [0.2, 0.25) is 0 Å². The Labute approximate surface area is 197 Å². The van der Waals surface area contributed by atoms with Gasteiger partial charge in [0.05, 0.1) is 17.9 Å². The van der Waals surface area contributed by atoms with Gasteiger partial charge in [0.15, 0.2) is 5.16 Å². The van der Waals surface area contributed by atoms with Crippen LogP contribution in [0.5, 0.6) is 5.75 Å². The number of benzene rings is 2. The lowest BCUT2D eigenvalue weighted by molar-refractivity contribution is -0.120. The molecule has 1 saturated heterocycles. The van der Waals surface area contributed by atoms with Crippen molar-refractivity contribution in [2.75, 3.05) is 25.5 Å². The third-order valence-electron chi connectivity index (χ3n) is 5.45. The van der Waals surface area contributed by atoms with Crippen molar-refractivity contribution < 1.29 is 17.9 Å². The molecular formula is C22H25N5O4S2. The van der Waals surface area contributed by atoms with Crippen molar-refractivity contribution in [2.45, 2.75) is 27.8 Å². The van der Waals surface area contributed by atoms with Gasteiger partial charge in [0.25, 0.3) is 0 Å². The first-order valence-corrected chi connectivity index (χ1v) is 12.7. The topological polar surface area (TPSA) is 106 Å². The quantitative estimate of drug-likeness (QED) is 0.546. The van der Waals surface area contributed by atoms with Crippen molar-refractivity contribution >= 4 is 33.4 Å². The highest BCUT2D eigenvalue weighted by atomic mass is 32.2. The fourth-order valence-electron chi connectivity index (χ4n) is 3.59. The summed E-state index contributed by atoms with van der Waals surface area (Å²) in [4.78, 5) is 14.0. The molecule has 4 rings (SSSR count). The van der Waals surface area contributed by atoms with Gasteiger partial charge >= 0.3 is 0 Å². The maximum Gasteiger partial charge on any atom is 0.243 e. The first-order valence-electron chi connectivity index (χ1n) is 10.4. The molecule has 33 heavy (non-hydrogen) atoms. The number of sulfonamides is 1. The molecule has 0 aliphatic carbocycles. The molecule has 2 heterocycles. The number of aryl methyl sites for hydroxylation is 1.